The number of methoxy groups -OCH3 is 1. The van der Waals surface area contributed by atoms with Crippen LogP contribution in [0.4, 0.5) is 0 Å². The Hall–Kier alpha value is -2.64. The van der Waals surface area contributed by atoms with Crippen molar-refractivity contribution in [3.8, 4) is 5.75 Å². The zero-order chi connectivity index (χ0) is 19.3. The number of ether oxygens (including phenoxy) is 1. The second-order valence-corrected chi connectivity index (χ2v) is 7.41. The number of sulfonamides is 1. The van der Waals surface area contributed by atoms with E-state index in [2.05, 4.69) is 0 Å². The minimum atomic E-state index is -3.73. The number of hydrogen-bond acceptors (Lipinski definition) is 4. The summed E-state index contributed by atoms with van der Waals surface area (Å²) in [5.74, 6) is 0.548. The van der Waals surface area contributed by atoms with Crippen molar-refractivity contribution < 1.29 is 17.9 Å². The quantitative estimate of drug-likeness (QED) is 0.787. The van der Waals surface area contributed by atoms with Crippen LogP contribution in [0.25, 0.3) is 6.08 Å². The molecule has 1 amide bonds. The van der Waals surface area contributed by atoms with Gasteiger partial charge in [-0.25, -0.2) is 13.6 Å². The first-order valence-corrected chi connectivity index (χ1v) is 9.48. The van der Waals surface area contributed by atoms with Crippen LogP contribution in [0.5, 0.6) is 5.75 Å². The van der Waals surface area contributed by atoms with Crippen LogP contribution in [0.15, 0.2) is 59.5 Å². The number of nitrogens with two attached hydrogens (primary N) is 1. The van der Waals surface area contributed by atoms with E-state index in [9.17, 15) is 13.2 Å². The van der Waals surface area contributed by atoms with Gasteiger partial charge in [0.2, 0.25) is 15.9 Å². The summed E-state index contributed by atoms with van der Waals surface area (Å²) in [6.45, 7) is 1.86. The van der Waals surface area contributed by atoms with Crippen LogP contribution in [0.3, 0.4) is 0 Å². The smallest absolute Gasteiger partial charge is 0.246 e. The second kappa shape index (κ2) is 8.16. The number of primary sulfonamides is 1. The Morgan fingerprint density at radius 2 is 1.85 bits per heavy atom. The summed E-state index contributed by atoms with van der Waals surface area (Å²) in [5, 5.41) is 5.10. The molecule has 0 aliphatic carbocycles. The van der Waals surface area contributed by atoms with Gasteiger partial charge in [-0.05, 0) is 48.4 Å². The lowest BCUT2D eigenvalue weighted by Crippen LogP contribution is -2.28. The first-order valence-electron chi connectivity index (χ1n) is 7.94. The highest BCUT2D eigenvalue weighted by Gasteiger charge is 2.16. The predicted octanol–water partition coefficient (Wildman–Crippen LogP) is 2.58. The Morgan fingerprint density at radius 3 is 2.42 bits per heavy atom. The van der Waals surface area contributed by atoms with Crippen LogP contribution in [-0.2, 0) is 14.8 Å². The van der Waals surface area contributed by atoms with E-state index >= 15 is 0 Å². The summed E-state index contributed by atoms with van der Waals surface area (Å²) in [4.78, 5) is 14.0. The maximum atomic E-state index is 12.4. The van der Waals surface area contributed by atoms with Gasteiger partial charge >= 0.3 is 0 Å². The predicted molar refractivity (Wildman–Crippen MR) is 101 cm³/mol. The van der Waals surface area contributed by atoms with Gasteiger partial charge in [-0.15, -0.1) is 0 Å². The van der Waals surface area contributed by atoms with Crippen molar-refractivity contribution in [1.82, 2.24) is 4.90 Å². The number of carbonyl (C=O) groups is 1. The van der Waals surface area contributed by atoms with Gasteiger partial charge in [0.1, 0.15) is 5.75 Å². The standard InChI is InChI=1S/C19H22N2O4S/c1-14(16-8-10-18(11-9-16)26(20,23)24)21(2)19(22)12-7-15-5-4-6-17(13-15)25-3/h4-14H,1-3H3,(H2,20,23,24)/b12-7+. The highest BCUT2D eigenvalue weighted by Crippen LogP contribution is 2.21. The van der Waals surface area contributed by atoms with Crippen LogP contribution < -0.4 is 9.88 Å². The zero-order valence-electron chi connectivity index (χ0n) is 14.9. The van der Waals surface area contributed by atoms with E-state index in [0.29, 0.717) is 0 Å². The van der Waals surface area contributed by atoms with Crippen LogP contribution >= 0.6 is 0 Å². The third-order valence-corrected chi connectivity index (χ3v) is 5.06. The average molecular weight is 374 g/mol. The molecular weight excluding hydrogens is 352 g/mol. The molecule has 6 nitrogen and oxygen atoms in total. The number of carbonyl (C=O) groups excluding carboxylic acids is 1. The SMILES string of the molecule is COc1cccc(/C=C/C(=O)N(C)C(C)c2ccc(S(N)(=O)=O)cc2)c1. The van der Waals surface area contributed by atoms with Gasteiger partial charge in [0, 0.05) is 13.1 Å². The van der Waals surface area contributed by atoms with E-state index in [1.807, 2.05) is 31.2 Å². The third-order valence-electron chi connectivity index (χ3n) is 4.13. The summed E-state index contributed by atoms with van der Waals surface area (Å²) in [5.41, 5.74) is 1.67. The Morgan fingerprint density at radius 1 is 1.19 bits per heavy atom. The molecule has 0 bridgehead atoms. The third kappa shape index (κ3) is 4.93. The molecule has 0 radical (unpaired) electrons. The normalized spacial score (nSPS) is 12.8. The molecule has 138 valence electrons. The fourth-order valence-electron chi connectivity index (χ4n) is 2.38. The van der Waals surface area contributed by atoms with Crippen molar-refractivity contribution in [2.24, 2.45) is 5.14 Å². The molecule has 0 saturated heterocycles. The van der Waals surface area contributed by atoms with Crippen molar-refractivity contribution in [2.75, 3.05) is 14.2 Å². The lowest BCUT2D eigenvalue weighted by Gasteiger charge is -2.24. The van der Waals surface area contributed by atoms with Crippen LogP contribution in [-0.4, -0.2) is 33.4 Å². The summed E-state index contributed by atoms with van der Waals surface area (Å²) in [6.07, 6.45) is 3.21. The molecule has 0 saturated carbocycles. The molecule has 2 rings (SSSR count). The highest BCUT2D eigenvalue weighted by atomic mass is 32.2. The minimum Gasteiger partial charge on any atom is -0.497 e. The molecule has 0 fully saturated rings. The number of likely N-dealkylation sites (N-methyl/N-ethyl adjacent to an activating group) is 1. The average Bonchev–Trinajstić information content (AvgIpc) is 2.64. The van der Waals surface area contributed by atoms with Gasteiger partial charge in [0.25, 0.3) is 0 Å². The van der Waals surface area contributed by atoms with E-state index < -0.39 is 10.0 Å². The fourth-order valence-corrected chi connectivity index (χ4v) is 2.90. The zero-order valence-corrected chi connectivity index (χ0v) is 15.7. The molecular formula is C19H22N2O4S. The molecule has 0 spiro atoms. The summed E-state index contributed by atoms with van der Waals surface area (Å²) < 4.78 is 27.8. The molecule has 1 atom stereocenters. The molecule has 1 unspecified atom stereocenters. The van der Waals surface area contributed by atoms with Gasteiger partial charge in [-0.1, -0.05) is 24.3 Å². The maximum absolute atomic E-state index is 12.4. The van der Waals surface area contributed by atoms with Crippen LogP contribution in [0, 0.1) is 0 Å². The van der Waals surface area contributed by atoms with Crippen molar-refractivity contribution in [3.05, 3.63) is 65.7 Å². The van der Waals surface area contributed by atoms with E-state index in [-0.39, 0.29) is 16.8 Å². The van der Waals surface area contributed by atoms with E-state index in [1.165, 1.54) is 18.2 Å². The van der Waals surface area contributed by atoms with Gasteiger partial charge in [0.15, 0.2) is 0 Å². The number of hydrogen-bond donors (Lipinski definition) is 1. The second-order valence-electron chi connectivity index (χ2n) is 5.85. The molecule has 7 heteroatoms. The van der Waals surface area contributed by atoms with Crippen molar-refractivity contribution in [2.45, 2.75) is 17.9 Å². The van der Waals surface area contributed by atoms with Crippen LogP contribution in [0.1, 0.15) is 24.1 Å². The topological polar surface area (TPSA) is 89.7 Å². The molecule has 0 aromatic heterocycles. The minimum absolute atomic E-state index is 0.0420. The Bertz CT molecular complexity index is 905. The molecule has 2 N–H and O–H groups in total. The molecule has 0 heterocycles. The van der Waals surface area contributed by atoms with Gasteiger partial charge in [0.05, 0.1) is 18.0 Å². The summed E-state index contributed by atoms with van der Waals surface area (Å²) in [7, 11) is -0.450. The number of amides is 1. The lowest BCUT2D eigenvalue weighted by molar-refractivity contribution is -0.126. The highest BCUT2D eigenvalue weighted by molar-refractivity contribution is 7.89. The summed E-state index contributed by atoms with van der Waals surface area (Å²) >= 11 is 0. The Labute approximate surface area is 153 Å². The first-order chi connectivity index (χ1) is 12.2. The van der Waals surface area contributed by atoms with E-state index in [0.717, 1.165) is 16.9 Å². The summed E-state index contributed by atoms with van der Waals surface area (Å²) in [6, 6.07) is 13.3. The van der Waals surface area contributed by atoms with Gasteiger partial charge in [-0.3, -0.25) is 4.79 Å². The first kappa shape index (κ1) is 19.7. The lowest BCUT2D eigenvalue weighted by atomic mass is 10.1. The van der Waals surface area contributed by atoms with Crippen LogP contribution in [0.2, 0.25) is 0 Å². The molecule has 2 aromatic rings. The Kier molecular flexibility index (Phi) is 6.18. The van der Waals surface area contributed by atoms with Crippen molar-refractivity contribution >= 4 is 22.0 Å². The van der Waals surface area contributed by atoms with Gasteiger partial charge in [-0.2, -0.15) is 0 Å². The molecule has 0 aliphatic rings. The van der Waals surface area contributed by atoms with E-state index in [1.54, 1.807) is 37.3 Å². The largest absolute Gasteiger partial charge is 0.497 e. The molecule has 2 aromatic carbocycles. The Balaban J connectivity index is 2.10. The fraction of sp³-hybridized carbons (Fsp3) is 0.211. The maximum Gasteiger partial charge on any atom is 0.246 e. The van der Waals surface area contributed by atoms with Crippen molar-refractivity contribution in [3.63, 3.8) is 0 Å². The molecule has 26 heavy (non-hydrogen) atoms. The monoisotopic (exact) mass is 374 g/mol. The number of benzene rings is 2. The molecule has 0 aliphatic heterocycles. The number of nitrogens with zero attached hydrogens (tertiary/aromatic N) is 1. The van der Waals surface area contributed by atoms with Crippen molar-refractivity contribution in [1.29, 1.82) is 0 Å². The number of rotatable bonds is 6. The van der Waals surface area contributed by atoms with Gasteiger partial charge < -0.3 is 9.64 Å². The van der Waals surface area contributed by atoms with E-state index in [4.69, 9.17) is 9.88 Å².